The number of aromatic hydroxyl groups is 1. The summed E-state index contributed by atoms with van der Waals surface area (Å²) in [7, 11) is 0. The highest BCUT2D eigenvalue weighted by Crippen LogP contribution is 2.41. The fourth-order valence-corrected chi connectivity index (χ4v) is 7.84. The van der Waals surface area contributed by atoms with Crippen LogP contribution < -0.4 is 15.0 Å². The highest BCUT2D eigenvalue weighted by molar-refractivity contribution is 6.00. The molecule has 4 aromatic rings. The minimum atomic E-state index is -0.935. The summed E-state index contributed by atoms with van der Waals surface area (Å²) in [6.45, 7) is 4.89. The van der Waals surface area contributed by atoms with Gasteiger partial charge in [0.25, 0.3) is 0 Å². The molecule has 2 aromatic carbocycles. The quantitative estimate of drug-likeness (QED) is 0.271. The zero-order valence-corrected chi connectivity index (χ0v) is 25.8. The Labute approximate surface area is 269 Å². The third-order valence-corrected chi connectivity index (χ3v) is 10.2. The first-order valence-electron chi connectivity index (χ1n) is 16.2. The van der Waals surface area contributed by atoms with Crippen LogP contribution in [0, 0.1) is 23.0 Å². The number of hydrogen-bond donors (Lipinski definition) is 2. The van der Waals surface area contributed by atoms with E-state index in [0.717, 1.165) is 32.5 Å². The number of rotatable bonds is 8. The van der Waals surface area contributed by atoms with Crippen LogP contribution in [0.2, 0.25) is 0 Å². The number of pyridine rings is 1. The second-order valence-corrected chi connectivity index (χ2v) is 13.3. The van der Waals surface area contributed by atoms with Crippen molar-refractivity contribution >= 4 is 27.5 Å². The Balaban J connectivity index is 1.22. The Hall–Kier alpha value is -4.25. The smallest absolute Gasteiger partial charge is 0.319 e. The second kappa shape index (κ2) is 11.8. The number of hydrogen-bond acceptors (Lipinski definition) is 10. The number of nitriles is 1. The highest BCUT2D eigenvalue weighted by Gasteiger charge is 2.49. The van der Waals surface area contributed by atoms with Crippen molar-refractivity contribution in [3.8, 4) is 29.1 Å². The molecule has 2 aromatic heterocycles. The third-order valence-electron chi connectivity index (χ3n) is 10.2. The maximum atomic E-state index is 16.7. The van der Waals surface area contributed by atoms with Crippen LogP contribution in [-0.2, 0) is 0 Å². The normalized spacial score (nSPS) is 26.2. The number of anilines is 1. The molecule has 10 nitrogen and oxygen atoms in total. The van der Waals surface area contributed by atoms with E-state index >= 15 is 8.78 Å². The summed E-state index contributed by atoms with van der Waals surface area (Å²) in [5, 5.41) is 24.3. The van der Waals surface area contributed by atoms with Crippen molar-refractivity contribution in [2.24, 2.45) is 0 Å². The Morgan fingerprint density at radius 3 is 2.85 bits per heavy atom. The molecule has 0 aliphatic carbocycles. The van der Waals surface area contributed by atoms with Crippen LogP contribution in [0.4, 0.5) is 19.0 Å². The number of alkyl halides is 1. The summed E-state index contributed by atoms with van der Waals surface area (Å²) in [4.78, 5) is 20.2. The lowest BCUT2D eigenvalue weighted by Crippen LogP contribution is -2.54. The standard InChI is InChI=1S/C34H35F3N8O2/c35-21-13-34(6-2-8-45(34)16-21)19-47-33-41-31-26(32(42-33)44-10-9-43(17-22-14-39-22)23(18-44)5-7-38)15-40-30(29(31)37)25-12-24(46)11-20-3-1-4-27(36)28(20)25/h1,3-4,11-12,15,21-23,39,46H,2,5-6,8-10,13-14,16-19H2/t21-,22+,23+,34+/m1/s1. The number of aromatic nitrogens is 3. The lowest BCUT2D eigenvalue weighted by molar-refractivity contribution is 0.107. The molecule has 4 saturated heterocycles. The molecule has 0 radical (unpaired) electrons. The minimum Gasteiger partial charge on any atom is -0.508 e. The van der Waals surface area contributed by atoms with Crippen LogP contribution in [0.3, 0.4) is 0 Å². The summed E-state index contributed by atoms with van der Waals surface area (Å²) in [5.74, 6) is -1.10. The van der Waals surface area contributed by atoms with Crippen molar-refractivity contribution in [1.29, 1.82) is 5.26 Å². The predicted molar refractivity (Wildman–Crippen MR) is 170 cm³/mol. The van der Waals surface area contributed by atoms with Gasteiger partial charge in [-0.3, -0.25) is 14.8 Å². The zero-order chi connectivity index (χ0) is 32.3. The van der Waals surface area contributed by atoms with Crippen molar-refractivity contribution in [2.75, 3.05) is 57.3 Å². The van der Waals surface area contributed by atoms with Gasteiger partial charge in [0, 0.05) is 74.9 Å². The molecule has 0 unspecified atom stereocenters. The van der Waals surface area contributed by atoms with E-state index in [0.29, 0.717) is 61.7 Å². The predicted octanol–water partition coefficient (Wildman–Crippen LogP) is 4.16. The monoisotopic (exact) mass is 644 g/mol. The van der Waals surface area contributed by atoms with Gasteiger partial charge in [0.2, 0.25) is 0 Å². The Morgan fingerprint density at radius 2 is 2.02 bits per heavy atom. The number of halogens is 3. The lowest BCUT2D eigenvalue weighted by atomic mass is 9.95. The van der Waals surface area contributed by atoms with Gasteiger partial charge in [-0.15, -0.1) is 0 Å². The van der Waals surface area contributed by atoms with Gasteiger partial charge in [-0.2, -0.15) is 15.2 Å². The average molecular weight is 645 g/mol. The van der Waals surface area contributed by atoms with Crippen LogP contribution in [0.15, 0.2) is 36.5 Å². The minimum absolute atomic E-state index is 0.0412. The van der Waals surface area contributed by atoms with Crippen LogP contribution in [-0.4, -0.2) is 106 Å². The van der Waals surface area contributed by atoms with Crippen LogP contribution >= 0.6 is 0 Å². The molecule has 244 valence electrons. The SMILES string of the molecule is N#CC[C@H]1CN(c2nc(OC[C@@]34CCCN3C[C@H](F)C4)nc3c(F)c(-c4cc(O)cc5cccc(F)c45)ncc23)CCN1C[C@@H]1CN1. The average Bonchev–Trinajstić information content (AvgIpc) is 3.71. The molecule has 6 heterocycles. The van der Waals surface area contributed by atoms with E-state index in [4.69, 9.17) is 9.72 Å². The van der Waals surface area contributed by atoms with Crippen LogP contribution in [0.1, 0.15) is 25.7 Å². The largest absolute Gasteiger partial charge is 0.508 e. The van der Waals surface area contributed by atoms with Gasteiger partial charge in [-0.05, 0) is 43.0 Å². The number of nitrogens with zero attached hydrogens (tertiary/aromatic N) is 7. The fourth-order valence-electron chi connectivity index (χ4n) is 7.84. The molecule has 0 spiro atoms. The molecule has 2 N–H and O–H groups in total. The van der Waals surface area contributed by atoms with Crippen molar-refractivity contribution < 1.29 is 23.0 Å². The Kier molecular flexibility index (Phi) is 7.54. The van der Waals surface area contributed by atoms with E-state index in [-0.39, 0.29) is 46.6 Å². The third kappa shape index (κ3) is 5.48. The molecule has 4 fully saturated rings. The van der Waals surface area contributed by atoms with Gasteiger partial charge in [0.15, 0.2) is 5.82 Å². The Bertz CT molecular complexity index is 1900. The molecule has 0 amide bonds. The van der Waals surface area contributed by atoms with Crippen LogP contribution in [0.5, 0.6) is 11.8 Å². The topological polar surface area (TPSA) is 124 Å². The fraction of sp³-hybridized carbons (Fsp3) is 0.471. The van der Waals surface area contributed by atoms with Gasteiger partial charge in [-0.25, -0.2) is 13.2 Å². The number of benzene rings is 2. The summed E-state index contributed by atoms with van der Waals surface area (Å²) < 4.78 is 52.6. The second-order valence-electron chi connectivity index (χ2n) is 13.3. The molecular weight excluding hydrogens is 609 g/mol. The number of piperazine rings is 1. The van der Waals surface area contributed by atoms with Crippen molar-refractivity contribution in [2.45, 2.75) is 49.5 Å². The van der Waals surface area contributed by atoms with Gasteiger partial charge >= 0.3 is 6.01 Å². The molecule has 47 heavy (non-hydrogen) atoms. The van der Waals surface area contributed by atoms with Crippen molar-refractivity contribution in [1.82, 2.24) is 30.1 Å². The maximum absolute atomic E-state index is 16.7. The molecule has 8 rings (SSSR count). The number of nitrogens with one attached hydrogen (secondary N) is 1. The van der Waals surface area contributed by atoms with E-state index in [1.807, 2.05) is 4.90 Å². The molecular formula is C34H35F3N8O2. The van der Waals surface area contributed by atoms with E-state index in [9.17, 15) is 14.8 Å². The molecule has 0 bridgehead atoms. The first kappa shape index (κ1) is 30.1. The van der Waals surface area contributed by atoms with E-state index < -0.39 is 23.3 Å². The molecule has 0 saturated carbocycles. The maximum Gasteiger partial charge on any atom is 0.319 e. The number of phenolic OH excluding ortho intramolecular Hbond substituents is 1. The molecule has 4 atom stereocenters. The van der Waals surface area contributed by atoms with Crippen molar-refractivity contribution in [3.63, 3.8) is 0 Å². The van der Waals surface area contributed by atoms with Gasteiger partial charge in [0.1, 0.15) is 41.4 Å². The lowest BCUT2D eigenvalue weighted by Gasteiger charge is -2.41. The van der Waals surface area contributed by atoms with Crippen molar-refractivity contribution in [3.05, 3.63) is 48.2 Å². The number of phenols is 1. The molecule has 4 aliphatic heterocycles. The molecule has 13 heteroatoms. The summed E-state index contributed by atoms with van der Waals surface area (Å²) in [6.07, 6.45) is 2.96. The number of fused-ring (bicyclic) bond motifs is 3. The van der Waals surface area contributed by atoms with Crippen LogP contribution in [0.25, 0.3) is 32.9 Å². The van der Waals surface area contributed by atoms with Gasteiger partial charge in [-0.1, -0.05) is 12.1 Å². The van der Waals surface area contributed by atoms with Gasteiger partial charge in [0.05, 0.1) is 23.4 Å². The molecule has 4 aliphatic rings. The first-order valence-corrected chi connectivity index (χ1v) is 16.2. The summed E-state index contributed by atoms with van der Waals surface area (Å²) >= 11 is 0. The van der Waals surface area contributed by atoms with Gasteiger partial charge < -0.3 is 20.1 Å². The van der Waals surface area contributed by atoms with E-state index in [2.05, 4.69) is 31.2 Å². The highest BCUT2D eigenvalue weighted by atomic mass is 19.1. The van der Waals surface area contributed by atoms with E-state index in [1.165, 1.54) is 30.5 Å². The number of ether oxygens (including phenoxy) is 1. The summed E-state index contributed by atoms with van der Waals surface area (Å²) in [6, 6.07) is 9.79. The van der Waals surface area contributed by atoms with E-state index in [1.54, 1.807) is 6.07 Å². The summed E-state index contributed by atoms with van der Waals surface area (Å²) in [5.41, 5.74) is -0.588. The zero-order valence-electron chi connectivity index (χ0n) is 25.8. The first-order chi connectivity index (χ1) is 22.8. The Morgan fingerprint density at radius 1 is 1.15 bits per heavy atom.